The Labute approximate surface area is 70.6 Å². The van der Waals surface area contributed by atoms with Crippen LogP contribution < -0.4 is 11.1 Å². The van der Waals surface area contributed by atoms with Crippen LogP contribution in [0.25, 0.3) is 0 Å². The average molecular weight is 166 g/mol. The Kier molecular flexibility index (Phi) is 1.64. The molecule has 0 aliphatic carbocycles. The summed E-state index contributed by atoms with van der Waals surface area (Å²) < 4.78 is 13.1. The van der Waals surface area contributed by atoms with E-state index in [4.69, 9.17) is 5.73 Å². The number of hydrogen-bond donors (Lipinski definition) is 2. The number of nitrogens with one attached hydrogen (secondary N) is 1. The molecule has 0 bridgehead atoms. The van der Waals surface area contributed by atoms with Gasteiger partial charge in [0.2, 0.25) is 0 Å². The maximum atomic E-state index is 13.1. The monoisotopic (exact) mass is 166 g/mol. The summed E-state index contributed by atoms with van der Waals surface area (Å²) in [6, 6.07) is 3.04. The van der Waals surface area contributed by atoms with E-state index < -0.39 is 0 Å². The SMILES string of the molecule is Nc1ccc(F)c2c1CCCN2. The van der Waals surface area contributed by atoms with Gasteiger partial charge >= 0.3 is 0 Å². The van der Waals surface area contributed by atoms with Crippen molar-refractivity contribution < 1.29 is 4.39 Å². The van der Waals surface area contributed by atoms with E-state index in [1.54, 1.807) is 6.07 Å². The molecule has 0 saturated heterocycles. The number of fused-ring (bicyclic) bond motifs is 1. The first-order chi connectivity index (χ1) is 5.79. The van der Waals surface area contributed by atoms with Crippen molar-refractivity contribution in [3.8, 4) is 0 Å². The van der Waals surface area contributed by atoms with Crippen LogP contribution in [0.1, 0.15) is 12.0 Å². The predicted octanol–water partition coefficient (Wildman–Crippen LogP) is 1.77. The van der Waals surface area contributed by atoms with Gasteiger partial charge in [0.15, 0.2) is 0 Å². The highest BCUT2D eigenvalue weighted by Gasteiger charge is 2.14. The van der Waals surface area contributed by atoms with Crippen LogP contribution in [0.4, 0.5) is 15.8 Å². The lowest BCUT2D eigenvalue weighted by atomic mass is 10.0. The summed E-state index contributed by atoms with van der Waals surface area (Å²) in [6.07, 6.45) is 1.91. The first kappa shape index (κ1) is 7.40. The van der Waals surface area contributed by atoms with Crippen molar-refractivity contribution in [1.29, 1.82) is 0 Å². The fourth-order valence-corrected chi connectivity index (χ4v) is 1.57. The fraction of sp³-hybridized carbons (Fsp3) is 0.333. The predicted molar refractivity (Wildman–Crippen MR) is 47.6 cm³/mol. The zero-order valence-electron chi connectivity index (χ0n) is 6.73. The standard InChI is InChI=1S/C9H11FN2/c10-7-3-4-8(11)6-2-1-5-12-9(6)7/h3-4,12H,1-2,5,11H2. The van der Waals surface area contributed by atoms with Crippen molar-refractivity contribution in [3.05, 3.63) is 23.5 Å². The van der Waals surface area contributed by atoms with Gasteiger partial charge in [-0.25, -0.2) is 4.39 Å². The lowest BCUT2D eigenvalue weighted by molar-refractivity contribution is 0.623. The summed E-state index contributed by atoms with van der Waals surface area (Å²) in [5, 5.41) is 3.02. The van der Waals surface area contributed by atoms with E-state index in [-0.39, 0.29) is 5.82 Å². The first-order valence-electron chi connectivity index (χ1n) is 4.10. The second-order valence-electron chi connectivity index (χ2n) is 3.02. The quantitative estimate of drug-likeness (QED) is 0.576. The smallest absolute Gasteiger partial charge is 0.146 e. The lowest BCUT2D eigenvalue weighted by Gasteiger charge is -2.19. The minimum Gasteiger partial charge on any atom is -0.398 e. The highest BCUT2D eigenvalue weighted by atomic mass is 19.1. The summed E-state index contributed by atoms with van der Waals surface area (Å²) in [6.45, 7) is 0.841. The van der Waals surface area contributed by atoms with Gasteiger partial charge < -0.3 is 11.1 Å². The summed E-state index contributed by atoms with van der Waals surface area (Å²) in [7, 11) is 0. The van der Waals surface area contributed by atoms with Crippen molar-refractivity contribution in [3.63, 3.8) is 0 Å². The molecule has 64 valence electrons. The van der Waals surface area contributed by atoms with Crippen molar-refractivity contribution in [1.82, 2.24) is 0 Å². The summed E-state index contributed by atoms with van der Waals surface area (Å²) >= 11 is 0. The van der Waals surface area contributed by atoms with E-state index in [2.05, 4.69) is 5.32 Å². The van der Waals surface area contributed by atoms with E-state index in [9.17, 15) is 4.39 Å². The van der Waals surface area contributed by atoms with Crippen molar-refractivity contribution in [2.24, 2.45) is 0 Å². The van der Waals surface area contributed by atoms with Crippen molar-refractivity contribution >= 4 is 11.4 Å². The van der Waals surface area contributed by atoms with Gasteiger partial charge in [0.1, 0.15) is 5.82 Å². The van der Waals surface area contributed by atoms with Gasteiger partial charge in [0, 0.05) is 17.8 Å². The Bertz CT molecular complexity index is 279. The number of benzene rings is 1. The Morgan fingerprint density at radius 2 is 2.25 bits per heavy atom. The number of hydrogen-bond acceptors (Lipinski definition) is 2. The van der Waals surface area contributed by atoms with Gasteiger partial charge in [-0.3, -0.25) is 0 Å². The summed E-state index contributed by atoms with van der Waals surface area (Å²) in [5.41, 5.74) is 7.93. The Balaban J connectivity index is 2.57. The molecule has 1 aliphatic rings. The molecule has 3 heteroatoms. The molecule has 0 aromatic heterocycles. The third-order valence-corrected chi connectivity index (χ3v) is 2.20. The molecule has 1 heterocycles. The maximum Gasteiger partial charge on any atom is 0.146 e. The van der Waals surface area contributed by atoms with E-state index in [1.807, 2.05) is 0 Å². The van der Waals surface area contributed by atoms with Gasteiger partial charge in [-0.1, -0.05) is 0 Å². The minimum absolute atomic E-state index is 0.195. The van der Waals surface area contributed by atoms with Crippen LogP contribution in [0.3, 0.4) is 0 Å². The van der Waals surface area contributed by atoms with Gasteiger partial charge in [-0.05, 0) is 25.0 Å². The largest absolute Gasteiger partial charge is 0.398 e. The molecule has 0 spiro atoms. The Hall–Kier alpha value is -1.25. The second-order valence-corrected chi connectivity index (χ2v) is 3.02. The van der Waals surface area contributed by atoms with E-state index in [1.165, 1.54) is 6.07 Å². The molecular weight excluding hydrogens is 155 g/mol. The van der Waals surface area contributed by atoms with E-state index in [0.29, 0.717) is 11.4 Å². The number of nitrogens with two attached hydrogens (primary N) is 1. The average Bonchev–Trinajstić information content (AvgIpc) is 2.12. The molecule has 1 aromatic carbocycles. The number of halogens is 1. The molecule has 1 aliphatic heterocycles. The topological polar surface area (TPSA) is 38.0 Å². The second kappa shape index (κ2) is 2.66. The van der Waals surface area contributed by atoms with Crippen LogP contribution >= 0.6 is 0 Å². The normalized spacial score (nSPS) is 15.1. The van der Waals surface area contributed by atoms with Gasteiger partial charge in [-0.15, -0.1) is 0 Å². The fourth-order valence-electron chi connectivity index (χ4n) is 1.57. The molecule has 0 saturated carbocycles. The first-order valence-corrected chi connectivity index (χ1v) is 4.10. The van der Waals surface area contributed by atoms with E-state index in [0.717, 1.165) is 24.9 Å². The van der Waals surface area contributed by atoms with Crippen molar-refractivity contribution in [2.75, 3.05) is 17.6 Å². The van der Waals surface area contributed by atoms with Gasteiger partial charge in [0.25, 0.3) is 0 Å². The third kappa shape index (κ3) is 1.02. The van der Waals surface area contributed by atoms with Gasteiger partial charge in [-0.2, -0.15) is 0 Å². The zero-order valence-corrected chi connectivity index (χ0v) is 6.73. The van der Waals surface area contributed by atoms with Gasteiger partial charge in [0.05, 0.1) is 5.69 Å². The Morgan fingerprint density at radius 3 is 3.00 bits per heavy atom. The highest BCUT2D eigenvalue weighted by molar-refractivity contribution is 5.65. The third-order valence-electron chi connectivity index (χ3n) is 2.20. The molecule has 1 aromatic rings. The molecule has 2 nitrogen and oxygen atoms in total. The van der Waals surface area contributed by atoms with E-state index >= 15 is 0 Å². The molecule has 2 rings (SSSR count). The minimum atomic E-state index is -0.195. The maximum absolute atomic E-state index is 13.1. The molecule has 12 heavy (non-hydrogen) atoms. The van der Waals surface area contributed by atoms with Crippen LogP contribution in [0, 0.1) is 5.82 Å². The zero-order chi connectivity index (χ0) is 8.55. The number of nitrogen functional groups attached to an aromatic ring is 1. The van der Waals surface area contributed by atoms with Crippen LogP contribution in [0.2, 0.25) is 0 Å². The molecule has 0 atom stereocenters. The molecule has 3 N–H and O–H groups in total. The van der Waals surface area contributed by atoms with Crippen molar-refractivity contribution in [2.45, 2.75) is 12.8 Å². The molecule has 0 amide bonds. The molecule has 0 unspecified atom stereocenters. The van der Waals surface area contributed by atoms with Crippen LogP contribution in [0.15, 0.2) is 12.1 Å². The molecule has 0 radical (unpaired) electrons. The summed E-state index contributed by atoms with van der Waals surface area (Å²) in [4.78, 5) is 0. The number of rotatable bonds is 0. The van der Waals surface area contributed by atoms with Crippen LogP contribution in [0.5, 0.6) is 0 Å². The molecule has 0 fully saturated rings. The van der Waals surface area contributed by atoms with Crippen LogP contribution in [-0.2, 0) is 6.42 Å². The summed E-state index contributed by atoms with van der Waals surface area (Å²) in [5.74, 6) is -0.195. The lowest BCUT2D eigenvalue weighted by Crippen LogP contribution is -2.14. The van der Waals surface area contributed by atoms with Crippen LogP contribution in [-0.4, -0.2) is 6.54 Å². The number of anilines is 2. The Morgan fingerprint density at radius 1 is 1.42 bits per heavy atom. The molecular formula is C9H11FN2. The highest BCUT2D eigenvalue weighted by Crippen LogP contribution is 2.29.